The normalized spacial score (nSPS) is 12.6. The minimum Gasteiger partial charge on any atom is -0.490 e. The minimum absolute atomic E-state index is 0.0687. The zero-order chi connectivity index (χ0) is 27.8. The Kier molecular flexibility index (Phi) is 9.59. The first-order valence-corrected chi connectivity index (χ1v) is 14.3. The van der Waals surface area contributed by atoms with Gasteiger partial charge in [0, 0.05) is 14.9 Å². The number of rotatable bonds is 10. The minimum atomic E-state index is -0.550. The van der Waals surface area contributed by atoms with Crippen LogP contribution in [0.25, 0.3) is 6.08 Å². The summed E-state index contributed by atoms with van der Waals surface area (Å²) >= 11 is 4.88. The standard InChI is InChI=1S/C31H28BrN3O3S/c1-3-7-22-14-21(16-27(37-4-2)29(22)38-19-20-10-12-24(32)13-11-20)15-23(17-33)30(36)35-31-26(18-34)25-8-5-6-9-28(25)39-31/h3,10-16H,1,4-9,19H2,2H3,(H,35,36)/b23-15+. The molecule has 1 amide bonds. The predicted octanol–water partition coefficient (Wildman–Crippen LogP) is 7.51. The van der Waals surface area contributed by atoms with Gasteiger partial charge in [0.1, 0.15) is 29.3 Å². The molecule has 4 rings (SSSR count). The van der Waals surface area contributed by atoms with Crippen LogP contribution in [0.5, 0.6) is 11.5 Å². The number of nitriles is 2. The van der Waals surface area contributed by atoms with Gasteiger partial charge in [0.25, 0.3) is 5.91 Å². The molecule has 6 nitrogen and oxygen atoms in total. The molecular formula is C31H28BrN3O3S. The predicted molar refractivity (Wildman–Crippen MR) is 158 cm³/mol. The van der Waals surface area contributed by atoms with Crippen molar-refractivity contribution in [3.63, 3.8) is 0 Å². The number of hydrogen-bond acceptors (Lipinski definition) is 6. The summed E-state index contributed by atoms with van der Waals surface area (Å²) < 4.78 is 13.1. The van der Waals surface area contributed by atoms with Crippen LogP contribution >= 0.6 is 27.3 Å². The molecule has 1 aliphatic carbocycles. The van der Waals surface area contributed by atoms with Crippen LogP contribution in [0.2, 0.25) is 0 Å². The van der Waals surface area contributed by atoms with Crippen LogP contribution in [0.3, 0.4) is 0 Å². The summed E-state index contributed by atoms with van der Waals surface area (Å²) in [5.74, 6) is 0.574. The Bertz CT molecular complexity index is 1490. The molecule has 198 valence electrons. The Morgan fingerprint density at radius 3 is 2.64 bits per heavy atom. The first-order chi connectivity index (χ1) is 19.0. The Balaban J connectivity index is 1.63. The van der Waals surface area contributed by atoms with Crippen molar-refractivity contribution in [3.05, 3.63) is 91.8 Å². The van der Waals surface area contributed by atoms with Gasteiger partial charge in [-0.3, -0.25) is 4.79 Å². The molecule has 1 aliphatic rings. The van der Waals surface area contributed by atoms with Crippen molar-refractivity contribution in [2.24, 2.45) is 0 Å². The number of nitrogens with one attached hydrogen (secondary N) is 1. The molecule has 0 bridgehead atoms. The summed E-state index contributed by atoms with van der Waals surface area (Å²) in [4.78, 5) is 14.3. The summed E-state index contributed by atoms with van der Waals surface area (Å²) in [6.07, 6.45) is 7.67. The number of anilines is 1. The molecule has 0 fully saturated rings. The highest BCUT2D eigenvalue weighted by molar-refractivity contribution is 9.10. The van der Waals surface area contributed by atoms with Crippen molar-refractivity contribution >= 4 is 44.3 Å². The van der Waals surface area contributed by atoms with E-state index in [2.05, 4.69) is 33.9 Å². The Labute approximate surface area is 241 Å². The SMILES string of the molecule is C=CCc1cc(/C=C(\C#N)C(=O)Nc2sc3c(c2C#N)CCCC3)cc(OCC)c1OCc1ccc(Br)cc1. The average molecular weight is 603 g/mol. The van der Waals surface area contributed by atoms with Crippen molar-refractivity contribution in [1.29, 1.82) is 10.5 Å². The fourth-order valence-electron chi connectivity index (χ4n) is 4.49. The number of fused-ring (bicyclic) bond motifs is 1. The van der Waals surface area contributed by atoms with E-state index in [9.17, 15) is 15.3 Å². The number of nitrogens with zero attached hydrogens (tertiary/aromatic N) is 2. The molecule has 1 aromatic heterocycles. The average Bonchev–Trinajstić information content (AvgIpc) is 3.29. The van der Waals surface area contributed by atoms with E-state index < -0.39 is 5.91 Å². The fourth-order valence-corrected chi connectivity index (χ4v) is 5.99. The number of ether oxygens (including phenoxy) is 2. The molecule has 2 aromatic carbocycles. The molecule has 0 spiro atoms. The number of thiophene rings is 1. The second-order valence-corrected chi connectivity index (χ2v) is 11.0. The molecule has 0 atom stereocenters. The van der Waals surface area contributed by atoms with Gasteiger partial charge in [-0.15, -0.1) is 17.9 Å². The third-order valence-electron chi connectivity index (χ3n) is 6.30. The lowest BCUT2D eigenvalue weighted by Gasteiger charge is -2.17. The summed E-state index contributed by atoms with van der Waals surface area (Å²) in [6.45, 7) is 6.52. The number of carbonyl (C=O) groups is 1. The lowest BCUT2D eigenvalue weighted by molar-refractivity contribution is -0.112. The van der Waals surface area contributed by atoms with Gasteiger partial charge in [-0.25, -0.2) is 0 Å². The molecule has 0 radical (unpaired) electrons. The first-order valence-electron chi connectivity index (χ1n) is 12.7. The van der Waals surface area contributed by atoms with E-state index in [4.69, 9.17) is 9.47 Å². The molecule has 1 N–H and O–H groups in total. The maximum atomic E-state index is 13.1. The number of allylic oxidation sites excluding steroid dienone is 1. The molecule has 0 unspecified atom stereocenters. The van der Waals surface area contributed by atoms with Crippen LogP contribution in [0.15, 0.2) is 59.1 Å². The summed E-state index contributed by atoms with van der Waals surface area (Å²) in [7, 11) is 0. The molecule has 0 aliphatic heterocycles. The van der Waals surface area contributed by atoms with E-state index in [1.807, 2.05) is 43.3 Å². The van der Waals surface area contributed by atoms with Crippen molar-refractivity contribution in [3.8, 4) is 23.6 Å². The van der Waals surface area contributed by atoms with E-state index >= 15 is 0 Å². The lowest BCUT2D eigenvalue weighted by Crippen LogP contribution is -2.13. The van der Waals surface area contributed by atoms with Gasteiger partial charge in [0.2, 0.25) is 0 Å². The van der Waals surface area contributed by atoms with Gasteiger partial charge < -0.3 is 14.8 Å². The van der Waals surface area contributed by atoms with Crippen molar-refractivity contribution < 1.29 is 14.3 Å². The highest BCUT2D eigenvalue weighted by Crippen LogP contribution is 2.38. The fraction of sp³-hybridized carbons (Fsp3) is 0.258. The zero-order valence-electron chi connectivity index (χ0n) is 21.7. The largest absolute Gasteiger partial charge is 0.490 e. The smallest absolute Gasteiger partial charge is 0.266 e. The van der Waals surface area contributed by atoms with Crippen LogP contribution in [0, 0.1) is 22.7 Å². The highest BCUT2D eigenvalue weighted by atomic mass is 79.9. The Morgan fingerprint density at radius 1 is 1.18 bits per heavy atom. The van der Waals surface area contributed by atoms with Crippen LogP contribution < -0.4 is 14.8 Å². The first kappa shape index (κ1) is 28.2. The number of amides is 1. The Morgan fingerprint density at radius 2 is 1.95 bits per heavy atom. The van der Waals surface area contributed by atoms with E-state index in [1.54, 1.807) is 12.1 Å². The molecule has 0 saturated carbocycles. The van der Waals surface area contributed by atoms with Gasteiger partial charge in [-0.1, -0.05) is 34.1 Å². The van der Waals surface area contributed by atoms with Gasteiger partial charge in [-0.05, 0) is 86.1 Å². The molecule has 3 aromatic rings. The number of halogens is 1. The van der Waals surface area contributed by atoms with Gasteiger partial charge in [0.05, 0.1) is 12.2 Å². The zero-order valence-corrected chi connectivity index (χ0v) is 24.1. The van der Waals surface area contributed by atoms with E-state index in [-0.39, 0.29) is 5.57 Å². The quantitative estimate of drug-likeness (QED) is 0.147. The molecule has 0 saturated heterocycles. The van der Waals surface area contributed by atoms with E-state index in [0.717, 1.165) is 51.7 Å². The highest BCUT2D eigenvalue weighted by Gasteiger charge is 2.23. The lowest BCUT2D eigenvalue weighted by atomic mass is 9.96. The maximum absolute atomic E-state index is 13.1. The second kappa shape index (κ2) is 13.3. The maximum Gasteiger partial charge on any atom is 0.266 e. The van der Waals surface area contributed by atoms with Crippen molar-refractivity contribution in [2.45, 2.75) is 45.6 Å². The Hall–Kier alpha value is -3.85. The van der Waals surface area contributed by atoms with Crippen molar-refractivity contribution in [1.82, 2.24) is 0 Å². The van der Waals surface area contributed by atoms with Gasteiger partial charge in [0.15, 0.2) is 11.5 Å². The van der Waals surface area contributed by atoms with Crippen LogP contribution in [0.1, 0.15) is 52.5 Å². The summed E-state index contributed by atoms with van der Waals surface area (Å²) in [5, 5.41) is 22.9. The van der Waals surface area contributed by atoms with Crippen LogP contribution in [-0.4, -0.2) is 12.5 Å². The van der Waals surface area contributed by atoms with E-state index in [0.29, 0.717) is 47.3 Å². The third kappa shape index (κ3) is 6.78. The molecule has 1 heterocycles. The number of aryl methyl sites for hydroxylation is 1. The summed E-state index contributed by atoms with van der Waals surface area (Å²) in [5.41, 5.74) is 3.93. The van der Waals surface area contributed by atoms with Crippen molar-refractivity contribution in [2.75, 3.05) is 11.9 Å². The molecular weight excluding hydrogens is 574 g/mol. The van der Waals surface area contributed by atoms with Crippen LogP contribution in [0.4, 0.5) is 5.00 Å². The summed E-state index contributed by atoms with van der Waals surface area (Å²) in [6, 6.07) is 15.8. The third-order valence-corrected chi connectivity index (χ3v) is 8.04. The van der Waals surface area contributed by atoms with Crippen LogP contribution in [-0.2, 0) is 30.7 Å². The number of hydrogen-bond donors (Lipinski definition) is 1. The second-order valence-electron chi connectivity index (χ2n) is 9.00. The molecule has 8 heteroatoms. The topological polar surface area (TPSA) is 95.1 Å². The van der Waals surface area contributed by atoms with E-state index in [1.165, 1.54) is 17.4 Å². The molecule has 39 heavy (non-hydrogen) atoms. The van der Waals surface area contributed by atoms with Gasteiger partial charge in [-0.2, -0.15) is 10.5 Å². The monoisotopic (exact) mass is 601 g/mol. The van der Waals surface area contributed by atoms with Gasteiger partial charge >= 0.3 is 0 Å². The number of benzene rings is 2. The number of carbonyl (C=O) groups excluding carboxylic acids is 1.